The molecule has 0 radical (unpaired) electrons. The Morgan fingerprint density at radius 2 is 2.41 bits per heavy atom. The maximum Gasteiger partial charge on any atom is 0.269 e. The highest BCUT2D eigenvalue weighted by molar-refractivity contribution is 5.92. The standard InChI is InChI=1S/C11H13N3O3/c1-7-5-10(14-17-7)16-8-3-4-9(13-6-8)11(15)12-2/h3-4,6-7H,5H2,1-2H3,(H,12,15). The van der Waals surface area contributed by atoms with Crippen LogP contribution >= 0.6 is 0 Å². The molecule has 1 atom stereocenters. The summed E-state index contributed by atoms with van der Waals surface area (Å²) in [6.07, 6.45) is 2.16. The lowest BCUT2D eigenvalue weighted by Crippen LogP contribution is -2.19. The normalized spacial score (nSPS) is 18.2. The summed E-state index contributed by atoms with van der Waals surface area (Å²) in [5, 5.41) is 6.27. The third kappa shape index (κ3) is 2.72. The zero-order valence-electron chi connectivity index (χ0n) is 9.64. The van der Waals surface area contributed by atoms with Crippen LogP contribution in [0.25, 0.3) is 0 Å². The summed E-state index contributed by atoms with van der Waals surface area (Å²) >= 11 is 0. The van der Waals surface area contributed by atoms with E-state index < -0.39 is 0 Å². The number of nitrogens with zero attached hydrogens (tertiary/aromatic N) is 2. The van der Waals surface area contributed by atoms with Gasteiger partial charge in [0, 0.05) is 7.05 Å². The van der Waals surface area contributed by atoms with E-state index in [1.54, 1.807) is 19.2 Å². The molecule has 17 heavy (non-hydrogen) atoms. The van der Waals surface area contributed by atoms with Gasteiger partial charge in [-0.25, -0.2) is 4.98 Å². The van der Waals surface area contributed by atoms with Crippen LogP contribution in [-0.4, -0.2) is 29.9 Å². The smallest absolute Gasteiger partial charge is 0.269 e. The fraction of sp³-hybridized carbons (Fsp3) is 0.364. The number of amides is 1. The molecule has 6 nitrogen and oxygen atoms in total. The molecule has 2 rings (SSSR count). The quantitative estimate of drug-likeness (QED) is 0.828. The molecule has 0 bridgehead atoms. The Kier molecular flexibility index (Phi) is 3.22. The fourth-order valence-corrected chi connectivity index (χ4v) is 1.37. The van der Waals surface area contributed by atoms with Gasteiger partial charge in [0.15, 0.2) is 0 Å². The van der Waals surface area contributed by atoms with Gasteiger partial charge in [-0.05, 0) is 19.1 Å². The molecule has 6 heteroatoms. The average Bonchev–Trinajstić information content (AvgIpc) is 2.75. The zero-order chi connectivity index (χ0) is 12.3. The van der Waals surface area contributed by atoms with Crippen LogP contribution in [-0.2, 0) is 4.84 Å². The molecule has 1 N–H and O–H groups in total. The minimum absolute atomic E-state index is 0.0445. The number of carbonyl (C=O) groups excluding carboxylic acids is 1. The minimum atomic E-state index is -0.230. The van der Waals surface area contributed by atoms with Crippen LogP contribution in [0.2, 0.25) is 0 Å². The molecule has 1 aliphatic heterocycles. The predicted octanol–water partition coefficient (Wildman–Crippen LogP) is 0.942. The van der Waals surface area contributed by atoms with Crippen molar-refractivity contribution in [2.45, 2.75) is 19.4 Å². The average molecular weight is 235 g/mol. The lowest BCUT2D eigenvalue weighted by Gasteiger charge is -2.04. The highest BCUT2D eigenvalue weighted by atomic mass is 16.7. The highest BCUT2D eigenvalue weighted by Crippen LogP contribution is 2.15. The van der Waals surface area contributed by atoms with Crippen LogP contribution in [0.4, 0.5) is 0 Å². The van der Waals surface area contributed by atoms with E-state index in [2.05, 4.69) is 15.5 Å². The summed E-state index contributed by atoms with van der Waals surface area (Å²) in [6.45, 7) is 1.91. The lowest BCUT2D eigenvalue weighted by molar-refractivity contribution is 0.0957. The second-order valence-electron chi connectivity index (χ2n) is 3.67. The van der Waals surface area contributed by atoms with Crippen molar-refractivity contribution >= 4 is 11.8 Å². The summed E-state index contributed by atoms with van der Waals surface area (Å²) < 4.78 is 5.44. The van der Waals surface area contributed by atoms with Crippen LogP contribution in [0, 0.1) is 0 Å². The van der Waals surface area contributed by atoms with E-state index in [9.17, 15) is 4.79 Å². The Balaban J connectivity index is 2.01. The van der Waals surface area contributed by atoms with E-state index >= 15 is 0 Å². The van der Waals surface area contributed by atoms with Gasteiger partial charge in [0.1, 0.15) is 17.5 Å². The van der Waals surface area contributed by atoms with Crippen molar-refractivity contribution in [2.24, 2.45) is 5.16 Å². The number of pyridine rings is 1. The first-order valence-electron chi connectivity index (χ1n) is 5.27. The monoisotopic (exact) mass is 235 g/mol. The van der Waals surface area contributed by atoms with E-state index in [4.69, 9.17) is 9.57 Å². The van der Waals surface area contributed by atoms with E-state index in [-0.39, 0.29) is 12.0 Å². The second-order valence-corrected chi connectivity index (χ2v) is 3.67. The third-order valence-electron chi connectivity index (χ3n) is 2.23. The van der Waals surface area contributed by atoms with Crippen molar-refractivity contribution in [3.63, 3.8) is 0 Å². The van der Waals surface area contributed by atoms with E-state index in [1.807, 2.05) is 6.92 Å². The summed E-state index contributed by atoms with van der Waals surface area (Å²) in [5.74, 6) is 0.827. The second kappa shape index (κ2) is 4.82. The van der Waals surface area contributed by atoms with E-state index in [0.717, 1.165) is 0 Å². The maximum atomic E-state index is 11.3. The number of nitrogens with one attached hydrogen (secondary N) is 1. The third-order valence-corrected chi connectivity index (χ3v) is 2.23. The minimum Gasteiger partial charge on any atom is -0.438 e. The fourth-order valence-electron chi connectivity index (χ4n) is 1.37. The van der Waals surface area contributed by atoms with Crippen molar-refractivity contribution in [2.75, 3.05) is 7.05 Å². The van der Waals surface area contributed by atoms with Crippen LogP contribution < -0.4 is 10.1 Å². The van der Waals surface area contributed by atoms with Crippen LogP contribution in [0.15, 0.2) is 23.5 Å². The summed E-state index contributed by atoms with van der Waals surface area (Å²) in [5.41, 5.74) is 0.345. The Labute approximate surface area is 98.6 Å². The molecule has 0 spiro atoms. The van der Waals surface area contributed by atoms with Gasteiger partial charge in [-0.2, -0.15) is 0 Å². The molecule has 0 fully saturated rings. The number of aromatic nitrogens is 1. The molecule has 1 amide bonds. The molecule has 90 valence electrons. The van der Waals surface area contributed by atoms with Crippen LogP contribution in [0.1, 0.15) is 23.8 Å². The van der Waals surface area contributed by atoms with Crippen molar-refractivity contribution < 1.29 is 14.4 Å². The van der Waals surface area contributed by atoms with Gasteiger partial charge in [0.25, 0.3) is 5.91 Å². The number of hydrogen-bond donors (Lipinski definition) is 1. The number of oxime groups is 1. The molecule has 1 aromatic rings. The van der Waals surface area contributed by atoms with Gasteiger partial charge < -0.3 is 14.9 Å². The van der Waals surface area contributed by atoms with Crippen molar-refractivity contribution in [3.8, 4) is 5.75 Å². The van der Waals surface area contributed by atoms with Crippen molar-refractivity contribution in [1.29, 1.82) is 0 Å². The van der Waals surface area contributed by atoms with Crippen molar-refractivity contribution in [3.05, 3.63) is 24.0 Å². The predicted molar refractivity (Wildman–Crippen MR) is 60.9 cm³/mol. The summed E-state index contributed by atoms with van der Waals surface area (Å²) in [4.78, 5) is 20.2. The number of ether oxygens (including phenoxy) is 1. The SMILES string of the molecule is CNC(=O)c1ccc(OC2=NOC(C)C2)cn1. The van der Waals surface area contributed by atoms with Gasteiger partial charge in [0.2, 0.25) is 5.90 Å². The van der Waals surface area contributed by atoms with Crippen LogP contribution in [0.3, 0.4) is 0 Å². The summed E-state index contributed by atoms with van der Waals surface area (Å²) in [6, 6.07) is 3.26. The molecular formula is C11H13N3O3. The number of hydrogen-bond acceptors (Lipinski definition) is 5. The first-order chi connectivity index (χ1) is 8.19. The van der Waals surface area contributed by atoms with E-state index in [1.165, 1.54) is 6.20 Å². The van der Waals surface area contributed by atoms with E-state index in [0.29, 0.717) is 23.8 Å². The first kappa shape index (κ1) is 11.4. The molecule has 1 aromatic heterocycles. The lowest BCUT2D eigenvalue weighted by atomic mass is 10.3. The maximum absolute atomic E-state index is 11.3. The zero-order valence-corrected chi connectivity index (χ0v) is 9.64. The highest BCUT2D eigenvalue weighted by Gasteiger charge is 2.18. The number of rotatable bonds is 2. The molecule has 2 heterocycles. The molecule has 0 saturated carbocycles. The Hall–Kier alpha value is -2.11. The number of carbonyl (C=O) groups is 1. The first-order valence-corrected chi connectivity index (χ1v) is 5.27. The molecule has 1 unspecified atom stereocenters. The molecular weight excluding hydrogens is 222 g/mol. The molecule has 1 aliphatic rings. The van der Waals surface area contributed by atoms with Gasteiger partial charge in [-0.3, -0.25) is 4.79 Å². The Bertz CT molecular complexity index is 442. The van der Waals surface area contributed by atoms with Gasteiger partial charge >= 0.3 is 0 Å². The summed E-state index contributed by atoms with van der Waals surface area (Å²) in [7, 11) is 1.56. The van der Waals surface area contributed by atoms with Gasteiger partial charge in [0.05, 0.1) is 12.6 Å². The Morgan fingerprint density at radius 1 is 1.59 bits per heavy atom. The Morgan fingerprint density at radius 3 is 2.94 bits per heavy atom. The molecule has 0 saturated heterocycles. The molecule has 0 aromatic carbocycles. The van der Waals surface area contributed by atoms with Gasteiger partial charge in [-0.15, -0.1) is 0 Å². The largest absolute Gasteiger partial charge is 0.438 e. The van der Waals surface area contributed by atoms with Crippen molar-refractivity contribution in [1.82, 2.24) is 10.3 Å². The topological polar surface area (TPSA) is 72.8 Å². The van der Waals surface area contributed by atoms with Crippen LogP contribution in [0.5, 0.6) is 5.75 Å². The van der Waals surface area contributed by atoms with Gasteiger partial charge in [-0.1, -0.05) is 5.16 Å². The molecule has 0 aliphatic carbocycles.